The van der Waals surface area contributed by atoms with E-state index in [2.05, 4.69) is 25.2 Å². The number of ether oxygens (including phenoxy) is 2. The van der Waals surface area contributed by atoms with E-state index in [1.165, 1.54) is 0 Å². The van der Waals surface area contributed by atoms with Crippen LogP contribution in [-0.4, -0.2) is 46.7 Å². The number of hydrogen-bond acceptors (Lipinski definition) is 4. The Morgan fingerprint density at radius 3 is 2.62 bits per heavy atom. The molecule has 2 N–H and O–H groups in total. The van der Waals surface area contributed by atoms with Gasteiger partial charge in [0.15, 0.2) is 0 Å². The number of aliphatic hydroxyl groups excluding tert-OH is 1. The average Bonchev–Trinajstić information content (AvgIpc) is 3.23. The van der Waals surface area contributed by atoms with Gasteiger partial charge in [0.05, 0.1) is 18.3 Å². The van der Waals surface area contributed by atoms with Gasteiger partial charge in [-0.2, -0.15) is 0 Å². The Kier molecular flexibility index (Phi) is 6.90. The molecule has 3 saturated heterocycles. The van der Waals surface area contributed by atoms with Gasteiger partial charge in [-0.05, 0) is 25.7 Å². The fourth-order valence-electron chi connectivity index (χ4n) is 4.36. The lowest BCUT2D eigenvalue weighted by Crippen LogP contribution is -2.31. The number of carboxylic acid groups (broad SMARTS) is 1. The van der Waals surface area contributed by atoms with Gasteiger partial charge in [-0.1, -0.05) is 50.5 Å². The zero-order chi connectivity index (χ0) is 18.5. The smallest absolute Gasteiger partial charge is 0.303 e. The van der Waals surface area contributed by atoms with Crippen molar-refractivity contribution in [1.29, 1.82) is 0 Å². The van der Waals surface area contributed by atoms with Crippen molar-refractivity contribution in [3.8, 4) is 0 Å². The number of hydrogen-bond donors (Lipinski definition) is 2. The number of carbonyl (C=O) groups is 1. The maximum atomic E-state index is 10.5. The molecule has 146 valence electrons. The molecule has 0 aromatic rings. The van der Waals surface area contributed by atoms with Crippen LogP contribution in [0.1, 0.15) is 58.3 Å². The normalized spacial score (nSPS) is 36.1. The molecule has 5 nitrogen and oxygen atoms in total. The van der Waals surface area contributed by atoms with Crippen molar-refractivity contribution in [3.05, 3.63) is 24.3 Å². The van der Waals surface area contributed by atoms with E-state index in [-0.39, 0.29) is 36.9 Å². The molecule has 3 rings (SSSR count). The van der Waals surface area contributed by atoms with E-state index in [4.69, 9.17) is 14.6 Å². The Bertz CT molecular complexity index is 528. The van der Waals surface area contributed by atoms with Crippen LogP contribution in [0.3, 0.4) is 0 Å². The summed E-state index contributed by atoms with van der Waals surface area (Å²) in [6.07, 6.45) is 15.6. The SMILES string of the molecule is CCCCCC(O)/C=C/C1C(C/C=C/CCCC(=O)O)C2OC1C1OC21. The fourth-order valence-corrected chi connectivity index (χ4v) is 4.36. The zero-order valence-corrected chi connectivity index (χ0v) is 15.6. The Morgan fingerprint density at radius 2 is 1.85 bits per heavy atom. The summed E-state index contributed by atoms with van der Waals surface area (Å²) in [5, 5.41) is 18.8. The number of aliphatic hydroxyl groups is 1. The molecule has 0 saturated carbocycles. The van der Waals surface area contributed by atoms with Gasteiger partial charge in [0, 0.05) is 18.3 Å². The standard InChI is InChI=1S/C21H32O5/c1-2-3-6-9-14(22)12-13-16-15(10-7-4-5-8-11-17(23)24)18-20-21(26-20)19(16)25-18/h4,7,12-16,18-22H,2-3,5-6,8-11H2,1H3,(H,23,24)/b7-4+,13-12+. The van der Waals surface area contributed by atoms with Gasteiger partial charge in [-0.15, -0.1) is 0 Å². The molecule has 7 atom stereocenters. The van der Waals surface area contributed by atoms with Crippen LogP contribution in [0.4, 0.5) is 0 Å². The molecule has 3 fully saturated rings. The first-order valence-electron chi connectivity index (χ1n) is 10.2. The zero-order valence-electron chi connectivity index (χ0n) is 15.6. The van der Waals surface area contributed by atoms with E-state index in [0.29, 0.717) is 18.3 Å². The summed E-state index contributed by atoms with van der Waals surface area (Å²) in [7, 11) is 0. The summed E-state index contributed by atoms with van der Waals surface area (Å²) < 4.78 is 11.9. The van der Waals surface area contributed by atoms with Crippen LogP contribution in [0.25, 0.3) is 0 Å². The van der Waals surface area contributed by atoms with Crippen LogP contribution in [0.15, 0.2) is 24.3 Å². The Balaban J connectivity index is 1.49. The minimum atomic E-state index is -0.737. The third kappa shape index (κ3) is 4.76. The van der Waals surface area contributed by atoms with Crippen LogP contribution in [0, 0.1) is 11.8 Å². The molecule has 3 aliphatic rings. The van der Waals surface area contributed by atoms with Crippen LogP contribution < -0.4 is 0 Å². The molecule has 3 heterocycles. The highest BCUT2D eigenvalue weighted by Gasteiger charge is 2.68. The third-order valence-corrected chi connectivity index (χ3v) is 5.81. The van der Waals surface area contributed by atoms with Crippen molar-refractivity contribution in [2.24, 2.45) is 11.8 Å². The molecular weight excluding hydrogens is 332 g/mol. The van der Waals surface area contributed by atoms with E-state index in [1.807, 2.05) is 6.08 Å². The van der Waals surface area contributed by atoms with E-state index >= 15 is 0 Å². The van der Waals surface area contributed by atoms with E-state index in [1.54, 1.807) is 0 Å². The van der Waals surface area contributed by atoms with Crippen molar-refractivity contribution in [2.45, 2.75) is 88.8 Å². The second-order valence-electron chi connectivity index (χ2n) is 7.81. The largest absolute Gasteiger partial charge is 0.481 e. The number of carboxylic acids is 1. The van der Waals surface area contributed by atoms with Crippen molar-refractivity contribution in [1.82, 2.24) is 0 Å². The second kappa shape index (κ2) is 9.16. The Hall–Kier alpha value is -1.17. The first-order chi connectivity index (χ1) is 12.6. The molecule has 7 unspecified atom stereocenters. The highest BCUT2D eigenvalue weighted by atomic mass is 16.7. The fraction of sp³-hybridized carbons (Fsp3) is 0.762. The van der Waals surface area contributed by atoms with Gasteiger partial charge < -0.3 is 19.7 Å². The van der Waals surface area contributed by atoms with Gasteiger partial charge in [-0.3, -0.25) is 4.79 Å². The first kappa shape index (κ1) is 19.6. The number of unbranched alkanes of at least 4 members (excludes halogenated alkanes) is 3. The molecule has 5 heteroatoms. The lowest BCUT2D eigenvalue weighted by molar-refractivity contribution is -0.137. The minimum absolute atomic E-state index is 0.134. The van der Waals surface area contributed by atoms with Gasteiger partial charge in [0.2, 0.25) is 0 Å². The van der Waals surface area contributed by atoms with Crippen LogP contribution in [-0.2, 0) is 14.3 Å². The van der Waals surface area contributed by atoms with Crippen molar-refractivity contribution < 1.29 is 24.5 Å². The van der Waals surface area contributed by atoms with Crippen molar-refractivity contribution in [3.63, 3.8) is 0 Å². The van der Waals surface area contributed by atoms with Gasteiger partial charge in [-0.25, -0.2) is 0 Å². The predicted molar refractivity (Wildman–Crippen MR) is 98.8 cm³/mol. The topological polar surface area (TPSA) is 79.3 Å². The quantitative estimate of drug-likeness (QED) is 0.315. The minimum Gasteiger partial charge on any atom is -0.481 e. The first-order valence-corrected chi connectivity index (χ1v) is 10.2. The van der Waals surface area contributed by atoms with E-state index < -0.39 is 5.97 Å². The second-order valence-corrected chi connectivity index (χ2v) is 7.81. The summed E-state index contributed by atoms with van der Waals surface area (Å²) in [4.78, 5) is 10.5. The van der Waals surface area contributed by atoms with E-state index in [9.17, 15) is 9.90 Å². The van der Waals surface area contributed by atoms with Gasteiger partial charge in [0.1, 0.15) is 12.2 Å². The highest BCUT2D eigenvalue weighted by Crippen LogP contribution is 2.55. The van der Waals surface area contributed by atoms with Crippen molar-refractivity contribution in [2.75, 3.05) is 0 Å². The maximum absolute atomic E-state index is 10.5. The Morgan fingerprint density at radius 1 is 1.08 bits per heavy atom. The molecule has 0 aliphatic carbocycles. The molecule has 0 aromatic carbocycles. The van der Waals surface area contributed by atoms with Crippen LogP contribution in [0.2, 0.25) is 0 Å². The summed E-state index contributed by atoms with van der Waals surface area (Å²) in [5.41, 5.74) is 0. The molecule has 26 heavy (non-hydrogen) atoms. The van der Waals surface area contributed by atoms with Crippen LogP contribution in [0.5, 0.6) is 0 Å². The third-order valence-electron chi connectivity index (χ3n) is 5.81. The number of fused-ring (bicyclic) bond motifs is 5. The Labute approximate surface area is 156 Å². The molecular formula is C21H32O5. The lowest BCUT2D eigenvalue weighted by Gasteiger charge is -2.22. The van der Waals surface area contributed by atoms with Gasteiger partial charge in [0.25, 0.3) is 0 Å². The summed E-state index contributed by atoms with van der Waals surface area (Å²) in [6.45, 7) is 2.17. The van der Waals surface area contributed by atoms with Crippen molar-refractivity contribution >= 4 is 5.97 Å². The summed E-state index contributed by atoms with van der Waals surface area (Å²) >= 11 is 0. The molecule has 0 aromatic heterocycles. The van der Waals surface area contributed by atoms with Crippen LogP contribution >= 0.6 is 0 Å². The highest BCUT2D eigenvalue weighted by molar-refractivity contribution is 5.66. The molecule has 2 bridgehead atoms. The number of allylic oxidation sites excluding steroid dienone is 2. The number of aliphatic carboxylic acids is 1. The molecule has 0 amide bonds. The summed E-state index contributed by atoms with van der Waals surface area (Å²) in [6, 6.07) is 0. The lowest BCUT2D eigenvalue weighted by atomic mass is 9.77. The van der Waals surface area contributed by atoms with E-state index in [0.717, 1.165) is 38.5 Å². The van der Waals surface area contributed by atoms with Gasteiger partial charge >= 0.3 is 5.97 Å². The monoisotopic (exact) mass is 364 g/mol. The average molecular weight is 364 g/mol. The molecule has 0 radical (unpaired) electrons. The molecule has 0 spiro atoms. The number of epoxide rings is 1. The maximum Gasteiger partial charge on any atom is 0.303 e. The summed E-state index contributed by atoms with van der Waals surface area (Å²) in [5.74, 6) is -0.0497. The number of rotatable bonds is 12. The molecule has 3 aliphatic heterocycles. The predicted octanol–water partition coefficient (Wildman–Crippen LogP) is 3.47.